The molecule has 1 aromatic carbocycles. The van der Waals surface area contributed by atoms with Gasteiger partial charge in [-0.1, -0.05) is 29.8 Å². The van der Waals surface area contributed by atoms with Gasteiger partial charge < -0.3 is 14.9 Å². The summed E-state index contributed by atoms with van der Waals surface area (Å²) >= 11 is 1.42. The van der Waals surface area contributed by atoms with Crippen LogP contribution in [0.25, 0.3) is 0 Å². The van der Waals surface area contributed by atoms with E-state index in [0.29, 0.717) is 37.5 Å². The van der Waals surface area contributed by atoms with Crippen molar-refractivity contribution < 1.29 is 14.7 Å². The van der Waals surface area contributed by atoms with Crippen molar-refractivity contribution >= 4 is 23.2 Å². The van der Waals surface area contributed by atoms with E-state index in [-0.39, 0.29) is 24.3 Å². The molecule has 2 fully saturated rings. The summed E-state index contributed by atoms with van der Waals surface area (Å²) in [7, 11) is 0. The van der Waals surface area contributed by atoms with Gasteiger partial charge in [-0.05, 0) is 26.3 Å². The van der Waals surface area contributed by atoms with Gasteiger partial charge in [0.25, 0.3) is 5.91 Å². The second-order valence-corrected chi connectivity index (χ2v) is 9.69. The van der Waals surface area contributed by atoms with Crippen molar-refractivity contribution in [1.29, 1.82) is 0 Å². The summed E-state index contributed by atoms with van der Waals surface area (Å²) in [6.07, 6.45) is 0.373. The average Bonchev–Trinajstić information content (AvgIpc) is 3.31. The molecule has 29 heavy (non-hydrogen) atoms. The predicted molar refractivity (Wildman–Crippen MR) is 112 cm³/mol. The monoisotopic (exact) mass is 413 g/mol. The largest absolute Gasteiger partial charge is 0.396 e. The van der Waals surface area contributed by atoms with Crippen LogP contribution in [0.2, 0.25) is 0 Å². The smallest absolute Gasteiger partial charge is 0.265 e. The third-order valence-electron chi connectivity index (χ3n) is 6.25. The Bertz CT molecular complexity index is 957. The zero-order valence-corrected chi connectivity index (χ0v) is 18.0. The minimum Gasteiger partial charge on any atom is -0.396 e. The number of likely N-dealkylation sites (tertiary alicyclic amines) is 2. The maximum Gasteiger partial charge on any atom is 0.265 e. The molecule has 4 rings (SSSR count). The van der Waals surface area contributed by atoms with E-state index in [1.807, 2.05) is 54.8 Å². The molecule has 3 heterocycles. The van der Waals surface area contributed by atoms with Crippen molar-refractivity contribution in [2.45, 2.75) is 27.2 Å². The number of rotatable bonds is 4. The highest BCUT2D eigenvalue weighted by Gasteiger charge is 2.54. The van der Waals surface area contributed by atoms with Gasteiger partial charge in [0.15, 0.2) is 0 Å². The summed E-state index contributed by atoms with van der Waals surface area (Å²) in [4.78, 5) is 34.6. The fourth-order valence-electron chi connectivity index (χ4n) is 4.73. The molecular weight excluding hydrogens is 386 g/mol. The SMILES string of the molecule is Cc1cccc(CC(=O)N2CC3CN(C(=O)c4sc(C)nc4C)CC3(CO)C2)c1. The van der Waals surface area contributed by atoms with Gasteiger partial charge in [0.1, 0.15) is 4.88 Å². The molecule has 2 atom stereocenters. The third kappa shape index (κ3) is 3.69. The van der Waals surface area contributed by atoms with E-state index in [2.05, 4.69) is 4.98 Å². The van der Waals surface area contributed by atoms with E-state index in [4.69, 9.17) is 0 Å². The number of aliphatic hydroxyl groups is 1. The topological polar surface area (TPSA) is 73.7 Å². The van der Waals surface area contributed by atoms with Crippen LogP contribution in [-0.4, -0.2) is 64.5 Å². The lowest BCUT2D eigenvalue weighted by Crippen LogP contribution is -2.40. The first-order valence-electron chi connectivity index (χ1n) is 9.99. The van der Waals surface area contributed by atoms with Crippen LogP contribution in [0.3, 0.4) is 0 Å². The van der Waals surface area contributed by atoms with E-state index in [1.54, 1.807) is 0 Å². The molecular formula is C22H27N3O3S. The molecule has 0 aliphatic carbocycles. The standard InChI is InChI=1S/C22H27N3O3S/c1-14-5-4-6-17(7-14)8-19(27)24-9-18-10-25(12-22(18,11-24)13-26)21(28)20-15(2)23-16(3)29-20/h4-7,18,26H,8-13H2,1-3H3. The van der Waals surface area contributed by atoms with Crippen molar-refractivity contribution in [1.82, 2.24) is 14.8 Å². The summed E-state index contributed by atoms with van der Waals surface area (Å²) in [6.45, 7) is 7.92. The Morgan fingerprint density at radius 1 is 1.21 bits per heavy atom. The van der Waals surface area contributed by atoms with Crippen molar-refractivity contribution in [3.05, 3.63) is 51.0 Å². The van der Waals surface area contributed by atoms with Gasteiger partial charge in [-0.25, -0.2) is 4.98 Å². The summed E-state index contributed by atoms with van der Waals surface area (Å²) < 4.78 is 0. The molecule has 2 aliphatic rings. The zero-order chi connectivity index (χ0) is 20.8. The fraction of sp³-hybridized carbons (Fsp3) is 0.500. The molecule has 2 unspecified atom stereocenters. The molecule has 6 nitrogen and oxygen atoms in total. The maximum atomic E-state index is 13.0. The third-order valence-corrected chi connectivity index (χ3v) is 7.31. The van der Waals surface area contributed by atoms with Crippen molar-refractivity contribution in [3.63, 3.8) is 0 Å². The normalized spacial score (nSPS) is 23.5. The van der Waals surface area contributed by atoms with Crippen LogP contribution in [0.1, 0.15) is 31.5 Å². The molecule has 2 amide bonds. The second-order valence-electron chi connectivity index (χ2n) is 8.49. The molecule has 0 radical (unpaired) electrons. The number of fused-ring (bicyclic) bond motifs is 1. The quantitative estimate of drug-likeness (QED) is 0.834. The first-order chi connectivity index (χ1) is 13.8. The van der Waals surface area contributed by atoms with Gasteiger partial charge >= 0.3 is 0 Å². The van der Waals surface area contributed by atoms with Gasteiger partial charge in [0, 0.05) is 37.5 Å². The number of amides is 2. The Morgan fingerprint density at radius 2 is 1.93 bits per heavy atom. The summed E-state index contributed by atoms with van der Waals surface area (Å²) in [5.41, 5.74) is 2.50. The molecule has 7 heteroatoms. The average molecular weight is 414 g/mol. The number of hydrogen-bond donors (Lipinski definition) is 1. The minimum atomic E-state index is -0.425. The maximum absolute atomic E-state index is 13.0. The lowest BCUT2D eigenvalue weighted by atomic mass is 9.82. The van der Waals surface area contributed by atoms with Crippen LogP contribution in [0.4, 0.5) is 0 Å². The number of thiazole rings is 1. The highest BCUT2D eigenvalue weighted by atomic mass is 32.1. The fourth-order valence-corrected chi connectivity index (χ4v) is 5.62. The summed E-state index contributed by atoms with van der Waals surface area (Å²) in [5.74, 6) is 0.185. The number of benzene rings is 1. The number of carbonyl (C=O) groups is 2. The van der Waals surface area contributed by atoms with Crippen LogP contribution >= 0.6 is 11.3 Å². The van der Waals surface area contributed by atoms with Crippen molar-refractivity contribution in [3.8, 4) is 0 Å². The number of aliphatic hydroxyl groups excluding tert-OH is 1. The molecule has 154 valence electrons. The highest BCUT2D eigenvalue weighted by molar-refractivity contribution is 7.13. The predicted octanol–water partition coefficient (Wildman–Crippen LogP) is 2.20. The number of carbonyl (C=O) groups excluding carboxylic acids is 2. The van der Waals surface area contributed by atoms with Crippen molar-refractivity contribution in [2.24, 2.45) is 11.3 Å². The zero-order valence-electron chi connectivity index (χ0n) is 17.1. The van der Waals surface area contributed by atoms with E-state index in [1.165, 1.54) is 11.3 Å². The Labute approximate surface area is 175 Å². The first kappa shape index (κ1) is 20.0. The lowest BCUT2D eigenvalue weighted by Gasteiger charge is -2.27. The Morgan fingerprint density at radius 3 is 2.55 bits per heavy atom. The van der Waals surface area contributed by atoms with E-state index >= 15 is 0 Å². The molecule has 2 aromatic rings. The second kappa shape index (κ2) is 7.54. The van der Waals surface area contributed by atoms with Gasteiger partial charge in [0.2, 0.25) is 5.91 Å². The number of hydrogen-bond acceptors (Lipinski definition) is 5. The van der Waals surface area contributed by atoms with Crippen LogP contribution < -0.4 is 0 Å². The van der Waals surface area contributed by atoms with Crippen LogP contribution in [0, 0.1) is 32.1 Å². The van der Waals surface area contributed by atoms with Crippen LogP contribution in [0.5, 0.6) is 0 Å². The lowest BCUT2D eigenvalue weighted by molar-refractivity contribution is -0.130. The Hall–Kier alpha value is -2.25. The molecule has 2 saturated heterocycles. The molecule has 0 spiro atoms. The van der Waals surface area contributed by atoms with Gasteiger partial charge in [-0.3, -0.25) is 9.59 Å². The van der Waals surface area contributed by atoms with Gasteiger partial charge in [-0.2, -0.15) is 0 Å². The van der Waals surface area contributed by atoms with Gasteiger partial charge in [0.05, 0.1) is 23.7 Å². The highest BCUT2D eigenvalue weighted by Crippen LogP contribution is 2.43. The van der Waals surface area contributed by atoms with Gasteiger partial charge in [-0.15, -0.1) is 11.3 Å². The van der Waals surface area contributed by atoms with Crippen LogP contribution in [0.15, 0.2) is 24.3 Å². The minimum absolute atomic E-state index is 0.00652. The Balaban J connectivity index is 1.45. The molecule has 2 aliphatic heterocycles. The van der Waals surface area contributed by atoms with E-state index in [0.717, 1.165) is 21.8 Å². The number of aromatic nitrogens is 1. The van der Waals surface area contributed by atoms with E-state index in [9.17, 15) is 14.7 Å². The molecule has 1 N–H and O–H groups in total. The first-order valence-corrected chi connectivity index (χ1v) is 10.8. The number of nitrogens with zero attached hydrogens (tertiary/aromatic N) is 3. The molecule has 0 saturated carbocycles. The Kier molecular flexibility index (Phi) is 5.21. The molecule has 1 aromatic heterocycles. The van der Waals surface area contributed by atoms with Crippen LogP contribution in [-0.2, 0) is 11.2 Å². The van der Waals surface area contributed by atoms with E-state index < -0.39 is 5.41 Å². The molecule has 0 bridgehead atoms. The van der Waals surface area contributed by atoms with Crippen molar-refractivity contribution in [2.75, 3.05) is 32.8 Å². The number of aryl methyl sites for hydroxylation is 3. The summed E-state index contributed by atoms with van der Waals surface area (Å²) in [6, 6.07) is 8.01. The summed E-state index contributed by atoms with van der Waals surface area (Å²) in [5, 5.41) is 11.1.